The lowest BCUT2D eigenvalue weighted by Gasteiger charge is -2.17. The van der Waals surface area contributed by atoms with Gasteiger partial charge in [0.05, 0.1) is 7.11 Å². The van der Waals surface area contributed by atoms with Gasteiger partial charge < -0.3 is 9.26 Å². The predicted molar refractivity (Wildman–Crippen MR) is 72.3 cm³/mol. The van der Waals surface area contributed by atoms with Crippen molar-refractivity contribution < 1.29 is 22.5 Å². The third kappa shape index (κ3) is 5.30. The lowest BCUT2D eigenvalue weighted by atomic mass is 10.1. The molecule has 1 atom stereocenters. The van der Waals surface area contributed by atoms with Crippen molar-refractivity contribution in [3.63, 3.8) is 0 Å². The van der Waals surface area contributed by atoms with Crippen molar-refractivity contribution in [3.8, 4) is 0 Å². The van der Waals surface area contributed by atoms with Crippen LogP contribution in [0.25, 0.3) is 0 Å². The summed E-state index contributed by atoms with van der Waals surface area (Å²) < 4.78 is 35.8. The highest BCUT2D eigenvalue weighted by Crippen LogP contribution is 2.10. The molecule has 0 aliphatic carbocycles. The largest absolute Gasteiger partial charge is 0.468 e. The minimum absolute atomic E-state index is 0.149. The number of hydrogen-bond acceptors (Lipinski definition) is 6. The maximum absolute atomic E-state index is 12.0. The first-order valence-corrected chi connectivity index (χ1v) is 7.88. The van der Waals surface area contributed by atoms with Crippen molar-refractivity contribution in [2.75, 3.05) is 7.11 Å². The van der Waals surface area contributed by atoms with Crippen molar-refractivity contribution >= 4 is 16.0 Å². The Labute approximate surface area is 118 Å². The van der Waals surface area contributed by atoms with Gasteiger partial charge in [-0.2, -0.15) is 0 Å². The monoisotopic (exact) mass is 304 g/mol. The number of aryl methyl sites for hydroxylation is 1. The predicted octanol–water partition coefficient (Wildman–Crippen LogP) is 0.990. The van der Waals surface area contributed by atoms with Gasteiger partial charge in [0.15, 0.2) is 0 Å². The number of nitrogens with one attached hydrogen (secondary N) is 1. The minimum atomic E-state index is -3.69. The smallest absolute Gasteiger partial charge is 0.323 e. The molecule has 0 saturated carbocycles. The molecular formula is C12H20N2O5S. The molecule has 0 amide bonds. The molecule has 1 rings (SSSR count). The van der Waals surface area contributed by atoms with Crippen LogP contribution in [0.5, 0.6) is 0 Å². The second-order valence-corrected chi connectivity index (χ2v) is 6.77. The van der Waals surface area contributed by atoms with Gasteiger partial charge >= 0.3 is 5.97 Å². The normalized spacial score (nSPS) is 13.4. The van der Waals surface area contributed by atoms with E-state index >= 15 is 0 Å². The Morgan fingerprint density at radius 1 is 1.50 bits per heavy atom. The van der Waals surface area contributed by atoms with Gasteiger partial charge in [-0.25, -0.2) is 13.1 Å². The van der Waals surface area contributed by atoms with E-state index in [0.717, 1.165) is 0 Å². The number of carbonyl (C=O) groups is 1. The SMILES string of the molecule is COC(=O)C(CC(C)C)NS(=O)(=O)Cc1cc(C)on1. The van der Waals surface area contributed by atoms with Gasteiger partial charge in [-0.3, -0.25) is 4.79 Å². The Bertz CT molecular complexity index is 550. The number of rotatable bonds is 7. The summed E-state index contributed by atoms with van der Waals surface area (Å²) in [5.41, 5.74) is 0.295. The van der Waals surface area contributed by atoms with Crippen LogP contribution in [0.3, 0.4) is 0 Å². The van der Waals surface area contributed by atoms with E-state index in [0.29, 0.717) is 17.9 Å². The molecule has 0 spiro atoms. The van der Waals surface area contributed by atoms with E-state index in [9.17, 15) is 13.2 Å². The fourth-order valence-corrected chi connectivity index (χ4v) is 2.98. The molecule has 1 aromatic rings. The van der Waals surface area contributed by atoms with Crippen molar-refractivity contribution in [1.82, 2.24) is 9.88 Å². The molecule has 8 heteroatoms. The second-order valence-electron chi connectivity index (χ2n) is 5.01. The first-order valence-electron chi connectivity index (χ1n) is 6.23. The Kier molecular flexibility index (Phi) is 5.70. The lowest BCUT2D eigenvalue weighted by molar-refractivity contribution is -0.143. The van der Waals surface area contributed by atoms with Crippen LogP contribution in [0.1, 0.15) is 31.7 Å². The molecule has 1 heterocycles. The lowest BCUT2D eigenvalue weighted by Crippen LogP contribution is -2.42. The van der Waals surface area contributed by atoms with Crippen molar-refractivity contribution in [3.05, 3.63) is 17.5 Å². The summed E-state index contributed by atoms with van der Waals surface area (Å²) in [6.07, 6.45) is 0.365. The Morgan fingerprint density at radius 3 is 2.60 bits per heavy atom. The summed E-state index contributed by atoms with van der Waals surface area (Å²) in [5.74, 6) is -0.257. The number of carbonyl (C=O) groups excluding carboxylic acids is 1. The zero-order chi connectivity index (χ0) is 15.3. The van der Waals surface area contributed by atoms with Gasteiger partial charge in [-0.05, 0) is 19.3 Å². The molecule has 0 aliphatic rings. The Hall–Kier alpha value is -1.41. The van der Waals surface area contributed by atoms with Gasteiger partial charge in [0, 0.05) is 6.07 Å². The van der Waals surface area contributed by atoms with E-state index in [4.69, 9.17) is 4.52 Å². The maximum atomic E-state index is 12.0. The molecule has 1 aromatic heterocycles. The van der Waals surface area contributed by atoms with Crippen LogP contribution in [0.15, 0.2) is 10.6 Å². The number of esters is 1. The van der Waals surface area contributed by atoms with E-state index in [2.05, 4.69) is 14.6 Å². The van der Waals surface area contributed by atoms with Gasteiger partial charge in [0.1, 0.15) is 23.2 Å². The number of hydrogen-bond donors (Lipinski definition) is 1. The third-order valence-corrected chi connectivity index (χ3v) is 3.85. The Balaban J connectivity index is 2.77. The number of nitrogens with zero attached hydrogens (tertiary/aromatic N) is 1. The van der Waals surface area contributed by atoms with E-state index in [1.807, 2.05) is 13.8 Å². The van der Waals surface area contributed by atoms with E-state index in [-0.39, 0.29) is 11.7 Å². The molecule has 0 aliphatic heterocycles. The average Bonchev–Trinajstić information content (AvgIpc) is 2.70. The highest BCUT2D eigenvalue weighted by molar-refractivity contribution is 7.88. The van der Waals surface area contributed by atoms with Crippen molar-refractivity contribution in [2.45, 2.75) is 39.0 Å². The molecule has 1 unspecified atom stereocenters. The van der Waals surface area contributed by atoms with Gasteiger partial charge in [-0.1, -0.05) is 19.0 Å². The topological polar surface area (TPSA) is 98.5 Å². The molecule has 0 radical (unpaired) electrons. The number of sulfonamides is 1. The molecule has 0 fully saturated rings. The zero-order valence-electron chi connectivity index (χ0n) is 12.0. The summed E-state index contributed by atoms with van der Waals surface area (Å²) >= 11 is 0. The van der Waals surface area contributed by atoms with Gasteiger partial charge in [-0.15, -0.1) is 0 Å². The Morgan fingerprint density at radius 2 is 2.15 bits per heavy atom. The zero-order valence-corrected chi connectivity index (χ0v) is 12.9. The number of methoxy groups -OCH3 is 1. The highest BCUT2D eigenvalue weighted by atomic mass is 32.2. The van der Waals surface area contributed by atoms with Crippen molar-refractivity contribution in [1.29, 1.82) is 0 Å². The number of ether oxygens (including phenoxy) is 1. The van der Waals surface area contributed by atoms with Gasteiger partial charge in [0.2, 0.25) is 10.0 Å². The third-order valence-electron chi connectivity index (χ3n) is 2.53. The molecule has 7 nitrogen and oxygen atoms in total. The molecule has 20 heavy (non-hydrogen) atoms. The van der Waals surface area contributed by atoms with E-state index in [1.165, 1.54) is 13.2 Å². The van der Waals surface area contributed by atoms with Crippen molar-refractivity contribution in [2.24, 2.45) is 5.92 Å². The molecular weight excluding hydrogens is 284 g/mol. The fraction of sp³-hybridized carbons (Fsp3) is 0.667. The highest BCUT2D eigenvalue weighted by Gasteiger charge is 2.26. The van der Waals surface area contributed by atoms with Crippen LogP contribution in [0.2, 0.25) is 0 Å². The van der Waals surface area contributed by atoms with E-state index < -0.39 is 22.0 Å². The quantitative estimate of drug-likeness (QED) is 0.754. The standard InChI is InChI=1S/C12H20N2O5S/c1-8(2)5-11(12(15)18-4)14-20(16,17)7-10-6-9(3)19-13-10/h6,8,11,14H,5,7H2,1-4H3. The second kappa shape index (κ2) is 6.85. The average molecular weight is 304 g/mol. The fourth-order valence-electron chi connectivity index (χ4n) is 1.75. The first kappa shape index (κ1) is 16.6. The van der Waals surface area contributed by atoms with Crippen LogP contribution in [0.4, 0.5) is 0 Å². The summed E-state index contributed by atoms with van der Waals surface area (Å²) in [7, 11) is -2.47. The summed E-state index contributed by atoms with van der Waals surface area (Å²) in [6, 6.07) is 0.646. The van der Waals surface area contributed by atoms with Crippen LogP contribution < -0.4 is 4.72 Å². The first-order chi connectivity index (χ1) is 9.23. The summed E-state index contributed by atoms with van der Waals surface area (Å²) in [4.78, 5) is 11.6. The maximum Gasteiger partial charge on any atom is 0.323 e. The molecule has 0 saturated heterocycles. The number of aromatic nitrogens is 1. The van der Waals surface area contributed by atoms with Crippen LogP contribution >= 0.6 is 0 Å². The molecule has 0 bridgehead atoms. The van der Waals surface area contributed by atoms with E-state index in [1.54, 1.807) is 6.92 Å². The minimum Gasteiger partial charge on any atom is -0.468 e. The molecule has 114 valence electrons. The molecule has 1 N–H and O–H groups in total. The molecule has 0 aromatic carbocycles. The van der Waals surface area contributed by atoms with Crippen LogP contribution in [-0.4, -0.2) is 32.7 Å². The van der Waals surface area contributed by atoms with Crippen LogP contribution in [0, 0.1) is 12.8 Å². The van der Waals surface area contributed by atoms with Gasteiger partial charge in [0.25, 0.3) is 0 Å². The van der Waals surface area contributed by atoms with Crippen LogP contribution in [-0.2, 0) is 25.3 Å². The summed E-state index contributed by atoms with van der Waals surface area (Å²) in [5, 5.41) is 3.62. The summed E-state index contributed by atoms with van der Waals surface area (Å²) in [6.45, 7) is 5.46.